The van der Waals surface area contributed by atoms with Crippen molar-refractivity contribution >= 4 is 5.91 Å². The molecule has 8 heteroatoms. The maximum atomic E-state index is 12.6. The highest BCUT2D eigenvalue weighted by molar-refractivity contribution is 5.93. The number of hydrogen-bond acceptors (Lipinski definition) is 5. The summed E-state index contributed by atoms with van der Waals surface area (Å²) >= 11 is 0. The Bertz CT molecular complexity index is 908. The highest BCUT2D eigenvalue weighted by atomic mass is 16.5. The second-order valence-corrected chi connectivity index (χ2v) is 6.64. The van der Waals surface area contributed by atoms with E-state index in [-0.39, 0.29) is 11.5 Å². The Morgan fingerprint density at radius 3 is 2.41 bits per heavy atom. The number of H-pyrrole nitrogens is 1. The van der Waals surface area contributed by atoms with Gasteiger partial charge in [-0.1, -0.05) is 0 Å². The number of likely N-dealkylation sites (tertiary alicyclic amines) is 1. The minimum Gasteiger partial charge on any atom is -0.497 e. The van der Waals surface area contributed by atoms with Gasteiger partial charge in [0.1, 0.15) is 17.1 Å². The van der Waals surface area contributed by atoms with Crippen LogP contribution < -0.4 is 20.7 Å². The van der Waals surface area contributed by atoms with Gasteiger partial charge in [0.2, 0.25) is 0 Å². The van der Waals surface area contributed by atoms with E-state index < -0.39 is 11.2 Å². The summed E-state index contributed by atoms with van der Waals surface area (Å²) in [6.07, 6.45) is 2.89. The molecule has 1 saturated heterocycles. The van der Waals surface area contributed by atoms with E-state index in [1.807, 2.05) is 24.3 Å². The van der Waals surface area contributed by atoms with Gasteiger partial charge in [-0.15, -0.1) is 0 Å². The first-order valence-corrected chi connectivity index (χ1v) is 8.84. The van der Waals surface area contributed by atoms with Gasteiger partial charge < -0.3 is 18.9 Å². The molecule has 2 heterocycles. The molecule has 1 aromatic heterocycles. The number of aryl methyl sites for hydroxylation is 1. The second kappa shape index (κ2) is 8.11. The lowest BCUT2D eigenvalue weighted by Gasteiger charge is -2.31. The first-order valence-electron chi connectivity index (χ1n) is 8.84. The summed E-state index contributed by atoms with van der Waals surface area (Å²) in [6.45, 7) is 1.68. The van der Waals surface area contributed by atoms with Crippen molar-refractivity contribution < 1.29 is 14.3 Å². The van der Waals surface area contributed by atoms with Crippen molar-refractivity contribution in [3.8, 4) is 11.5 Å². The van der Waals surface area contributed by atoms with Crippen molar-refractivity contribution in [3.63, 3.8) is 0 Å². The Morgan fingerprint density at radius 1 is 1.15 bits per heavy atom. The minimum atomic E-state index is -0.645. The standard InChI is InChI=1S/C19H23N3O5/c1-21-11-16(17(23)20-19(21)25)18(24)22-9-7-13(8-10-22)12-27-15-5-3-14(26-2)4-6-15/h3-6,11,13H,7-10,12H2,1-2H3,(H,20,23,25). The third-order valence-corrected chi connectivity index (χ3v) is 4.79. The number of amides is 1. The number of ether oxygens (including phenoxy) is 2. The van der Waals surface area contributed by atoms with Crippen LogP contribution in [0.5, 0.6) is 11.5 Å². The third kappa shape index (κ3) is 4.39. The zero-order valence-corrected chi connectivity index (χ0v) is 15.4. The van der Waals surface area contributed by atoms with Gasteiger partial charge >= 0.3 is 5.69 Å². The van der Waals surface area contributed by atoms with Crippen LogP contribution in [-0.2, 0) is 7.05 Å². The molecule has 8 nitrogen and oxygen atoms in total. The average molecular weight is 373 g/mol. The Labute approximate surface area is 156 Å². The zero-order valence-electron chi connectivity index (χ0n) is 15.4. The number of hydrogen-bond donors (Lipinski definition) is 1. The fourth-order valence-corrected chi connectivity index (χ4v) is 3.07. The Kier molecular flexibility index (Phi) is 5.63. The lowest BCUT2D eigenvalue weighted by atomic mass is 9.97. The summed E-state index contributed by atoms with van der Waals surface area (Å²) in [5.41, 5.74) is -1.19. The first kappa shape index (κ1) is 18.8. The van der Waals surface area contributed by atoms with Crippen LogP contribution in [0.4, 0.5) is 0 Å². The molecule has 0 atom stereocenters. The summed E-state index contributed by atoms with van der Waals surface area (Å²) in [7, 11) is 3.12. The van der Waals surface area contributed by atoms with E-state index in [9.17, 15) is 14.4 Å². The average Bonchev–Trinajstić information content (AvgIpc) is 2.69. The van der Waals surface area contributed by atoms with Crippen LogP contribution in [0.1, 0.15) is 23.2 Å². The molecule has 1 aliphatic rings. The van der Waals surface area contributed by atoms with Crippen molar-refractivity contribution in [1.29, 1.82) is 0 Å². The maximum absolute atomic E-state index is 12.6. The van der Waals surface area contributed by atoms with E-state index in [0.29, 0.717) is 25.6 Å². The predicted octanol–water partition coefficient (Wildman–Crippen LogP) is 1.01. The largest absolute Gasteiger partial charge is 0.497 e. The molecule has 0 aliphatic carbocycles. The molecule has 0 spiro atoms. The van der Waals surface area contributed by atoms with Gasteiger partial charge in [-0.3, -0.25) is 14.6 Å². The molecule has 1 amide bonds. The fraction of sp³-hybridized carbons (Fsp3) is 0.421. The van der Waals surface area contributed by atoms with E-state index in [1.165, 1.54) is 17.8 Å². The monoisotopic (exact) mass is 373 g/mol. The van der Waals surface area contributed by atoms with E-state index in [0.717, 1.165) is 24.3 Å². The van der Waals surface area contributed by atoms with Crippen LogP contribution in [0.3, 0.4) is 0 Å². The summed E-state index contributed by atoms with van der Waals surface area (Å²) in [5, 5.41) is 0. The lowest BCUT2D eigenvalue weighted by molar-refractivity contribution is 0.0658. The van der Waals surface area contributed by atoms with E-state index in [4.69, 9.17) is 9.47 Å². The molecule has 1 aromatic carbocycles. The van der Waals surface area contributed by atoms with E-state index in [1.54, 1.807) is 12.0 Å². The quantitative estimate of drug-likeness (QED) is 0.844. The molecule has 0 saturated carbocycles. The van der Waals surface area contributed by atoms with Crippen LogP contribution in [0.2, 0.25) is 0 Å². The molecule has 1 aliphatic heterocycles. The summed E-state index contributed by atoms with van der Waals surface area (Å²) in [5.74, 6) is 1.56. The van der Waals surface area contributed by atoms with Gasteiger partial charge in [0.25, 0.3) is 11.5 Å². The van der Waals surface area contributed by atoms with Crippen molar-refractivity contribution in [3.05, 3.63) is 56.9 Å². The molecule has 144 valence electrons. The molecule has 0 bridgehead atoms. The number of rotatable bonds is 5. The Morgan fingerprint density at radius 2 is 1.78 bits per heavy atom. The minimum absolute atomic E-state index is 0.00923. The summed E-state index contributed by atoms with van der Waals surface area (Å²) < 4.78 is 12.1. The number of nitrogens with zero attached hydrogens (tertiary/aromatic N) is 2. The van der Waals surface area contributed by atoms with Crippen LogP contribution in [0, 0.1) is 5.92 Å². The Hall–Kier alpha value is -3.03. The predicted molar refractivity (Wildman–Crippen MR) is 99.4 cm³/mol. The molecule has 1 N–H and O–H groups in total. The number of carbonyl (C=O) groups is 1. The molecule has 0 radical (unpaired) electrons. The SMILES string of the molecule is COc1ccc(OCC2CCN(C(=O)c3cn(C)c(=O)[nH]c3=O)CC2)cc1. The maximum Gasteiger partial charge on any atom is 0.328 e. The number of aromatic amines is 1. The molecule has 0 unspecified atom stereocenters. The van der Waals surface area contributed by atoms with Gasteiger partial charge in [0.15, 0.2) is 0 Å². The molecule has 1 fully saturated rings. The summed E-state index contributed by atoms with van der Waals surface area (Å²) in [4.78, 5) is 39.7. The first-order chi connectivity index (χ1) is 13.0. The van der Waals surface area contributed by atoms with Crippen LogP contribution in [-0.4, -0.2) is 47.2 Å². The fourth-order valence-electron chi connectivity index (χ4n) is 3.07. The smallest absolute Gasteiger partial charge is 0.328 e. The number of nitrogens with one attached hydrogen (secondary N) is 1. The molecule has 27 heavy (non-hydrogen) atoms. The number of benzene rings is 1. The van der Waals surface area contributed by atoms with Crippen LogP contribution in [0.15, 0.2) is 40.1 Å². The van der Waals surface area contributed by atoms with Crippen LogP contribution in [0.25, 0.3) is 0 Å². The third-order valence-electron chi connectivity index (χ3n) is 4.79. The number of aromatic nitrogens is 2. The van der Waals surface area contributed by atoms with Gasteiger partial charge in [0, 0.05) is 26.3 Å². The second-order valence-electron chi connectivity index (χ2n) is 6.64. The highest BCUT2D eigenvalue weighted by Gasteiger charge is 2.26. The van der Waals surface area contributed by atoms with Crippen molar-refractivity contribution in [2.75, 3.05) is 26.8 Å². The molecular formula is C19H23N3O5. The van der Waals surface area contributed by atoms with Crippen molar-refractivity contribution in [2.45, 2.75) is 12.8 Å². The van der Waals surface area contributed by atoms with Gasteiger partial charge in [0.05, 0.1) is 13.7 Å². The van der Waals surface area contributed by atoms with Gasteiger partial charge in [-0.2, -0.15) is 0 Å². The van der Waals surface area contributed by atoms with E-state index >= 15 is 0 Å². The van der Waals surface area contributed by atoms with E-state index in [2.05, 4.69) is 4.98 Å². The number of methoxy groups -OCH3 is 1. The normalized spacial score (nSPS) is 14.8. The Balaban J connectivity index is 1.54. The lowest BCUT2D eigenvalue weighted by Crippen LogP contribution is -2.43. The highest BCUT2D eigenvalue weighted by Crippen LogP contribution is 2.22. The molecular weight excluding hydrogens is 350 g/mol. The van der Waals surface area contributed by atoms with Gasteiger partial charge in [-0.25, -0.2) is 4.79 Å². The van der Waals surface area contributed by atoms with Crippen molar-refractivity contribution in [1.82, 2.24) is 14.5 Å². The number of carbonyl (C=O) groups excluding carboxylic acids is 1. The zero-order chi connectivity index (χ0) is 19.4. The molecule has 3 rings (SSSR count). The summed E-state index contributed by atoms with van der Waals surface area (Å²) in [6, 6.07) is 7.43. The molecule has 2 aromatic rings. The van der Waals surface area contributed by atoms with Crippen LogP contribution >= 0.6 is 0 Å². The number of piperidine rings is 1. The topological polar surface area (TPSA) is 93.6 Å². The van der Waals surface area contributed by atoms with Crippen molar-refractivity contribution in [2.24, 2.45) is 13.0 Å². The van der Waals surface area contributed by atoms with Gasteiger partial charge in [-0.05, 0) is 43.0 Å².